The van der Waals surface area contributed by atoms with Gasteiger partial charge in [-0.2, -0.15) is 0 Å². The molecule has 0 amide bonds. The first kappa shape index (κ1) is 14.1. The van der Waals surface area contributed by atoms with Gasteiger partial charge in [-0.1, -0.05) is 6.07 Å². The minimum absolute atomic E-state index is 0.805. The molecule has 0 spiro atoms. The molecule has 0 aliphatic heterocycles. The minimum atomic E-state index is 0.805. The third kappa shape index (κ3) is 7.05. The first-order valence-corrected chi connectivity index (χ1v) is 6.10. The summed E-state index contributed by atoms with van der Waals surface area (Å²) in [6.45, 7) is 4.84. The van der Waals surface area contributed by atoms with Gasteiger partial charge in [0.05, 0.1) is 6.61 Å². The van der Waals surface area contributed by atoms with Gasteiger partial charge in [0.15, 0.2) is 0 Å². The number of ether oxygens (including phenoxy) is 1. The quantitative estimate of drug-likeness (QED) is 0.654. The van der Waals surface area contributed by atoms with Crippen LogP contribution in [0.3, 0.4) is 0 Å². The Morgan fingerprint density at radius 2 is 2.29 bits per heavy atom. The molecule has 0 unspecified atom stereocenters. The Hall–Kier alpha value is -0.970. The van der Waals surface area contributed by atoms with Crippen LogP contribution in [0.15, 0.2) is 24.5 Å². The molecule has 0 bridgehead atoms. The molecule has 0 aromatic carbocycles. The highest BCUT2D eigenvalue weighted by Crippen LogP contribution is 1.94. The van der Waals surface area contributed by atoms with E-state index in [1.54, 1.807) is 13.3 Å². The maximum Gasteiger partial charge on any atom is 0.0589 e. The molecule has 0 aliphatic rings. The topological polar surface area (TPSA) is 37.4 Å². The Kier molecular flexibility index (Phi) is 7.54. The van der Waals surface area contributed by atoms with Crippen molar-refractivity contribution in [2.24, 2.45) is 0 Å². The number of aromatic nitrogens is 1. The van der Waals surface area contributed by atoms with Gasteiger partial charge in [-0.25, -0.2) is 0 Å². The summed E-state index contributed by atoms with van der Waals surface area (Å²) in [6, 6.07) is 4.06. The number of likely N-dealkylation sites (N-methyl/N-ethyl adjacent to an activating group) is 1. The molecule has 1 aromatic rings. The zero-order chi connectivity index (χ0) is 12.3. The van der Waals surface area contributed by atoms with Crippen LogP contribution in [-0.4, -0.2) is 50.3 Å². The lowest BCUT2D eigenvalue weighted by Gasteiger charge is -2.15. The average Bonchev–Trinajstić information content (AvgIpc) is 2.37. The molecular formula is C13H23N3O. The second-order valence-electron chi connectivity index (χ2n) is 4.19. The third-order valence-corrected chi connectivity index (χ3v) is 2.62. The van der Waals surface area contributed by atoms with Crippen molar-refractivity contribution in [2.45, 2.75) is 13.0 Å². The average molecular weight is 237 g/mol. The van der Waals surface area contributed by atoms with E-state index >= 15 is 0 Å². The van der Waals surface area contributed by atoms with Crippen molar-refractivity contribution in [1.82, 2.24) is 15.2 Å². The van der Waals surface area contributed by atoms with Gasteiger partial charge in [0.2, 0.25) is 0 Å². The summed E-state index contributed by atoms with van der Waals surface area (Å²) in [4.78, 5) is 6.37. The monoisotopic (exact) mass is 237 g/mol. The lowest BCUT2D eigenvalue weighted by Crippen LogP contribution is -2.26. The summed E-state index contributed by atoms with van der Waals surface area (Å²) < 4.78 is 5.03. The first-order chi connectivity index (χ1) is 8.33. The van der Waals surface area contributed by atoms with Crippen molar-refractivity contribution in [1.29, 1.82) is 0 Å². The zero-order valence-corrected chi connectivity index (χ0v) is 10.9. The molecule has 1 heterocycles. The normalized spacial score (nSPS) is 11.0. The lowest BCUT2D eigenvalue weighted by atomic mass is 10.3. The maximum absolute atomic E-state index is 5.03. The van der Waals surface area contributed by atoms with Crippen molar-refractivity contribution in [3.63, 3.8) is 0 Å². The Morgan fingerprint density at radius 3 is 3.00 bits per heavy atom. The van der Waals surface area contributed by atoms with Crippen molar-refractivity contribution >= 4 is 0 Å². The second kappa shape index (κ2) is 9.10. The molecule has 4 nitrogen and oxygen atoms in total. The van der Waals surface area contributed by atoms with Gasteiger partial charge >= 0.3 is 0 Å². The molecule has 0 atom stereocenters. The molecular weight excluding hydrogens is 214 g/mol. The Bertz CT molecular complexity index is 279. The van der Waals surface area contributed by atoms with E-state index in [1.165, 1.54) is 5.56 Å². The number of methoxy groups -OCH3 is 1. The van der Waals surface area contributed by atoms with Crippen LogP contribution in [0.4, 0.5) is 0 Å². The van der Waals surface area contributed by atoms with Crippen LogP contribution in [0.1, 0.15) is 12.0 Å². The fourth-order valence-electron chi connectivity index (χ4n) is 1.57. The number of nitrogens with one attached hydrogen (secondary N) is 1. The van der Waals surface area contributed by atoms with Crippen LogP contribution in [0.2, 0.25) is 0 Å². The molecule has 96 valence electrons. The molecule has 1 rings (SSSR count). The Labute approximate surface area is 104 Å². The van der Waals surface area contributed by atoms with Gasteiger partial charge in [-0.3, -0.25) is 4.98 Å². The van der Waals surface area contributed by atoms with E-state index in [4.69, 9.17) is 4.74 Å². The SMILES string of the molecule is COCCN(C)CCCNCc1cccnc1. The first-order valence-electron chi connectivity index (χ1n) is 6.10. The van der Waals surface area contributed by atoms with Crippen LogP contribution in [0.5, 0.6) is 0 Å². The van der Waals surface area contributed by atoms with E-state index in [2.05, 4.69) is 28.3 Å². The highest BCUT2D eigenvalue weighted by molar-refractivity contribution is 5.07. The number of rotatable bonds is 9. The minimum Gasteiger partial charge on any atom is -0.383 e. The van der Waals surface area contributed by atoms with E-state index in [0.717, 1.165) is 39.2 Å². The van der Waals surface area contributed by atoms with Crippen LogP contribution < -0.4 is 5.32 Å². The van der Waals surface area contributed by atoms with Crippen molar-refractivity contribution in [2.75, 3.05) is 40.4 Å². The zero-order valence-electron chi connectivity index (χ0n) is 10.9. The standard InChI is InChI=1S/C13H23N3O/c1-16(9-10-17-2)8-4-7-15-12-13-5-3-6-14-11-13/h3,5-6,11,15H,4,7-10,12H2,1-2H3. The summed E-state index contributed by atoms with van der Waals surface area (Å²) >= 11 is 0. The third-order valence-electron chi connectivity index (χ3n) is 2.62. The lowest BCUT2D eigenvalue weighted by molar-refractivity contribution is 0.160. The number of nitrogens with zero attached hydrogens (tertiary/aromatic N) is 2. The highest BCUT2D eigenvalue weighted by atomic mass is 16.5. The van der Waals surface area contributed by atoms with Gasteiger partial charge in [-0.05, 0) is 38.2 Å². The van der Waals surface area contributed by atoms with Crippen LogP contribution >= 0.6 is 0 Å². The highest BCUT2D eigenvalue weighted by Gasteiger charge is 1.97. The molecule has 17 heavy (non-hydrogen) atoms. The van der Waals surface area contributed by atoms with Crippen molar-refractivity contribution < 1.29 is 4.74 Å². The Morgan fingerprint density at radius 1 is 1.41 bits per heavy atom. The van der Waals surface area contributed by atoms with E-state index in [-0.39, 0.29) is 0 Å². The molecule has 0 saturated carbocycles. The Balaban J connectivity index is 1.97. The molecule has 4 heteroatoms. The van der Waals surface area contributed by atoms with Crippen LogP contribution in [0.25, 0.3) is 0 Å². The summed E-state index contributed by atoms with van der Waals surface area (Å²) in [6.07, 6.45) is 4.85. The predicted octanol–water partition coefficient (Wildman–Crippen LogP) is 1.14. The van der Waals surface area contributed by atoms with E-state index in [1.807, 2.05) is 12.3 Å². The van der Waals surface area contributed by atoms with Crippen molar-refractivity contribution in [3.8, 4) is 0 Å². The van der Waals surface area contributed by atoms with Crippen LogP contribution in [-0.2, 0) is 11.3 Å². The number of pyridine rings is 1. The molecule has 1 aromatic heterocycles. The van der Waals surface area contributed by atoms with Gasteiger partial charge in [-0.15, -0.1) is 0 Å². The fourth-order valence-corrected chi connectivity index (χ4v) is 1.57. The van der Waals surface area contributed by atoms with E-state index in [9.17, 15) is 0 Å². The van der Waals surface area contributed by atoms with Gasteiger partial charge in [0.1, 0.15) is 0 Å². The van der Waals surface area contributed by atoms with Gasteiger partial charge in [0, 0.05) is 32.6 Å². The van der Waals surface area contributed by atoms with Crippen molar-refractivity contribution in [3.05, 3.63) is 30.1 Å². The summed E-state index contributed by atoms with van der Waals surface area (Å²) in [5.41, 5.74) is 1.24. The summed E-state index contributed by atoms with van der Waals surface area (Å²) in [7, 11) is 3.86. The molecule has 0 radical (unpaired) electrons. The molecule has 1 N–H and O–H groups in total. The largest absolute Gasteiger partial charge is 0.383 e. The second-order valence-corrected chi connectivity index (χ2v) is 4.19. The summed E-state index contributed by atoms with van der Waals surface area (Å²) in [5.74, 6) is 0. The maximum atomic E-state index is 5.03. The molecule has 0 aliphatic carbocycles. The van der Waals surface area contributed by atoms with Gasteiger partial charge < -0.3 is 15.0 Å². The fraction of sp³-hybridized carbons (Fsp3) is 0.615. The molecule has 0 fully saturated rings. The number of hydrogen-bond acceptors (Lipinski definition) is 4. The number of hydrogen-bond donors (Lipinski definition) is 1. The smallest absolute Gasteiger partial charge is 0.0589 e. The molecule has 0 saturated heterocycles. The predicted molar refractivity (Wildman–Crippen MR) is 69.9 cm³/mol. The summed E-state index contributed by atoms with van der Waals surface area (Å²) in [5, 5.41) is 3.42. The van der Waals surface area contributed by atoms with Crippen LogP contribution in [0, 0.1) is 0 Å². The van der Waals surface area contributed by atoms with E-state index in [0.29, 0.717) is 0 Å². The van der Waals surface area contributed by atoms with Gasteiger partial charge in [0.25, 0.3) is 0 Å². The van der Waals surface area contributed by atoms with E-state index < -0.39 is 0 Å².